The number of carbonyl (C=O) groups excluding carboxylic acids is 2. The molecule has 3 rings (SSSR count). The number of aromatic nitrogens is 3. The maximum Gasteiger partial charge on any atom is 0.383 e. The average molecular weight is 352 g/mol. The molecule has 0 aliphatic rings. The van der Waals surface area contributed by atoms with Crippen molar-refractivity contribution in [1.29, 1.82) is 0 Å². The highest BCUT2D eigenvalue weighted by Crippen LogP contribution is 2.23. The van der Waals surface area contributed by atoms with Crippen molar-refractivity contribution in [3.63, 3.8) is 0 Å². The van der Waals surface area contributed by atoms with Crippen molar-refractivity contribution in [2.75, 3.05) is 7.11 Å². The molecule has 9 heteroatoms. The number of ether oxygens (including phenoxy) is 1. The van der Waals surface area contributed by atoms with E-state index in [-0.39, 0.29) is 12.2 Å². The summed E-state index contributed by atoms with van der Waals surface area (Å²) in [6.07, 6.45) is 3.09. The van der Waals surface area contributed by atoms with Gasteiger partial charge in [-0.2, -0.15) is 0 Å². The Morgan fingerprint density at radius 1 is 1.48 bits per heavy atom. The SMILES string of the molecule is COC(=O)C(=O)c1c([O-])[n+]2ccccc2n1Cc1cnc(Cl)s1. The smallest absolute Gasteiger partial charge is 0.383 e. The van der Waals surface area contributed by atoms with Crippen LogP contribution in [0.2, 0.25) is 4.47 Å². The Kier molecular flexibility index (Phi) is 4.01. The molecule has 3 heterocycles. The molecule has 0 spiro atoms. The van der Waals surface area contributed by atoms with Crippen LogP contribution in [0.3, 0.4) is 0 Å². The van der Waals surface area contributed by atoms with E-state index in [0.29, 0.717) is 10.1 Å². The summed E-state index contributed by atoms with van der Waals surface area (Å²) in [4.78, 5) is 28.5. The van der Waals surface area contributed by atoms with Gasteiger partial charge in [0.2, 0.25) is 5.69 Å². The summed E-state index contributed by atoms with van der Waals surface area (Å²) in [6.45, 7) is 0.193. The van der Waals surface area contributed by atoms with Crippen molar-refractivity contribution < 1.29 is 23.8 Å². The first-order valence-corrected chi connectivity index (χ1v) is 7.65. The molecule has 0 saturated heterocycles. The van der Waals surface area contributed by atoms with E-state index in [9.17, 15) is 14.7 Å². The molecule has 0 fully saturated rings. The van der Waals surface area contributed by atoms with Gasteiger partial charge >= 0.3 is 11.8 Å². The molecule has 3 aromatic heterocycles. The van der Waals surface area contributed by atoms with Crippen molar-refractivity contribution in [3.8, 4) is 5.88 Å². The molecule has 0 aliphatic heterocycles. The fourth-order valence-corrected chi connectivity index (χ4v) is 3.22. The van der Waals surface area contributed by atoms with Crippen LogP contribution in [0, 0.1) is 0 Å². The molecule has 7 nitrogen and oxygen atoms in total. The van der Waals surface area contributed by atoms with Gasteiger partial charge in [-0.05, 0) is 6.07 Å². The Morgan fingerprint density at radius 3 is 2.91 bits per heavy atom. The molecule has 0 radical (unpaired) electrons. The van der Waals surface area contributed by atoms with E-state index in [2.05, 4.69) is 9.72 Å². The van der Waals surface area contributed by atoms with Crippen molar-refractivity contribution in [2.45, 2.75) is 6.54 Å². The first-order valence-electron chi connectivity index (χ1n) is 6.45. The Hall–Kier alpha value is -2.45. The number of carbonyl (C=O) groups is 2. The van der Waals surface area contributed by atoms with Gasteiger partial charge in [-0.15, -0.1) is 11.3 Å². The summed E-state index contributed by atoms with van der Waals surface area (Å²) in [6, 6.07) is 5.07. The molecule has 0 atom stereocenters. The van der Waals surface area contributed by atoms with Gasteiger partial charge in [-0.1, -0.05) is 17.7 Å². The van der Waals surface area contributed by atoms with Crippen LogP contribution in [0.15, 0.2) is 30.6 Å². The van der Waals surface area contributed by atoms with E-state index in [1.165, 1.54) is 26.5 Å². The van der Waals surface area contributed by atoms with Crippen molar-refractivity contribution in [1.82, 2.24) is 9.55 Å². The maximum absolute atomic E-state index is 12.5. The van der Waals surface area contributed by atoms with Crippen molar-refractivity contribution >= 4 is 40.3 Å². The number of fused-ring (bicyclic) bond motifs is 1. The fraction of sp³-hybridized carbons (Fsp3) is 0.143. The number of esters is 1. The number of halogens is 1. The van der Waals surface area contributed by atoms with Gasteiger partial charge in [0.1, 0.15) is 12.4 Å². The van der Waals surface area contributed by atoms with Crippen LogP contribution in [0.4, 0.5) is 0 Å². The zero-order valence-electron chi connectivity index (χ0n) is 11.9. The van der Waals surface area contributed by atoms with Crippen LogP contribution in [0.1, 0.15) is 15.4 Å². The Balaban J connectivity index is 2.20. The van der Waals surface area contributed by atoms with Crippen LogP contribution in [-0.4, -0.2) is 28.4 Å². The molecular formula is C14H10ClN3O4S. The number of imidazole rings is 1. The third-order valence-electron chi connectivity index (χ3n) is 3.23. The number of Topliss-reactive ketones (excluding diaryl/α,β-unsaturated/α-hetero) is 1. The Labute approximate surface area is 139 Å². The zero-order valence-corrected chi connectivity index (χ0v) is 13.4. The molecule has 0 aliphatic carbocycles. The average Bonchev–Trinajstić information content (AvgIpc) is 3.09. The van der Waals surface area contributed by atoms with E-state index in [1.807, 2.05) is 0 Å². The van der Waals surface area contributed by atoms with Crippen molar-refractivity contribution in [3.05, 3.63) is 45.6 Å². The lowest BCUT2D eigenvalue weighted by Crippen LogP contribution is -2.25. The molecule has 23 heavy (non-hydrogen) atoms. The third kappa shape index (κ3) is 2.66. The maximum atomic E-state index is 12.5. The van der Waals surface area contributed by atoms with Gasteiger partial charge in [0.15, 0.2) is 4.47 Å². The lowest BCUT2D eigenvalue weighted by atomic mass is 10.3. The second kappa shape index (κ2) is 5.98. The lowest BCUT2D eigenvalue weighted by molar-refractivity contribution is -0.582. The molecule has 0 bridgehead atoms. The molecule has 0 aromatic carbocycles. The highest BCUT2D eigenvalue weighted by molar-refractivity contribution is 7.15. The summed E-state index contributed by atoms with van der Waals surface area (Å²) in [5, 5.41) is 12.5. The number of rotatable bonds is 4. The molecule has 0 N–H and O–H groups in total. The number of thiazole rings is 1. The van der Waals surface area contributed by atoms with Gasteiger partial charge in [-0.3, -0.25) is 4.79 Å². The largest absolute Gasteiger partial charge is 0.839 e. The van der Waals surface area contributed by atoms with E-state index in [1.54, 1.807) is 24.4 Å². The highest BCUT2D eigenvalue weighted by atomic mass is 35.5. The summed E-state index contributed by atoms with van der Waals surface area (Å²) in [5.41, 5.74) is 0.224. The minimum Gasteiger partial charge on any atom is -0.839 e. The number of hydrogen-bond donors (Lipinski definition) is 0. The number of pyridine rings is 1. The van der Waals surface area contributed by atoms with E-state index >= 15 is 0 Å². The van der Waals surface area contributed by atoms with Gasteiger partial charge < -0.3 is 9.84 Å². The van der Waals surface area contributed by atoms with E-state index in [0.717, 1.165) is 12.0 Å². The molecule has 0 unspecified atom stereocenters. The number of ketones is 1. The summed E-state index contributed by atoms with van der Waals surface area (Å²) in [7, 11) is 1.09. The quantitative estimate of drug-likeness (QED) is 0.300. The molecule has 118 valence electrons. The minimum absolute atomic E-state index is 0.193. The number of methoxy groups -OCH3 is 1. The van der Waals surface area contributed by atoms with E-state index in [4.69, 9.17) is 11.6 Å². The first kappa shape index (κ1) is 15.4. The normalized spacial score (nSPS) is 10.9. The summed E-state index contributed by atoms with van der Waals surface area (Å²) < 4.78 is 7.57. The Morgan fingerprint density at radius 2 is 2.26 bits per heavy atom. The van der Waals surface area contributed by atoms with Crippen LogP contribution < -0.4 is 9.51 Å². The molecular weight excluding hydrogens is 342 g/mol. The zero-order chi connectivity index (χ0) is 16.6. The van der Waals surface area contributed by atoms with Crippen molar-refractivity contribution in [2.24, 2.45) is 0 Å². The van der Waals surface area contributed by atoms with Gasteiger partial charge in [-0.25, -0.2) is 18.7 Å². The summed E-state index contributed by atoms with van der Waals surface area (Å²) >= 11 is 7.05. The third-order valence-corrected chi connectivity index (χ3v) is 4.33. The molecule has 0 saturated carbocycles. The molecule has 3 aromatic rings. The van der Waals surface area contributed by atoms with Gasteiger partial charge in [0.05, 0.1) is 18.2 Å². The van der Waals surface area contributed by atoms with Crippen LogP contribution in [0.25, 0.3) is 5.65 Å². The van der Waals surface area contributed by atoms with Crippen LogP contribution >= 0.6 is 22.9 Å². The van der Waals surface area contributed by atoms with Gasteiger partial charge in [0, 0.05) is 12.3 Å². The lowest BCUT2D eigenvalue weighted by Gasteiger charge is -2.03. The highest BCUT2D eigenvalue weighted by Gasteiger charge is 2.31. The van der Waals surface area contributed by atoms with E-state index < -0.39 is 17.6 Å². The number of nitrogens with zero attached hydrogens (tertiary/aromatic N) is 3. The molecule has 0 amide bonds. The summed E-state index contributed by atoms with van der Waals surface area (Å²) in [5.74, 6) is -2.66. The second-order valence-electron chi connectivity index (χ2n) is 4.57. The predicted molar refractivity (Wildman–Crippen MR) is 79.6 cm³/mol. The monoisotopic (exact) mass is 351 g/mol. The second-order valence-corrected chi connectivity index (χ2v) is 6.27. The predicted octanol–water partition coefficient (Wildman–Crippen LogP) is 0.814. The Bertz CT molecular complexity index is 918. The minimum atomic E-state index is -1.09. The van der Waals surface area contributed by atoms with Crippen LogP contribution in [-0.2, 0) is 16.1 Å². The first-order chi connectivity index (χ1) is 11.0. The van der Waals surface area contributed by atoms with Gasteiger partial charge in [0.25, 0.3) is 5.65 Å². The van der Waals surface area contributed by atoms with Crippen LogP contribution in [0.5, 0.6) is 5.88 Å². The fourth-order valence-electron chi connectivity index (χ4n) is 2.25. The topological polar surface area (TPSA) is 88.4 Å². The standard InChI is InChI=1S/C14H10ClN3O4S/c1-22-13(21)11(19)10-12(20)17-5-3-2-4-9(17)18(10)7-8-6-16-14(15)23-8/h2-6H,7H2,1H3. The number of hydrogen-bond acceptors (Lipinski definition) is 6.